The minimum absolute atomic E-state index is 0.236. The summed E-state index contributed by atoms with van der Waals surface area (Å²) >= 11 is 0. The molecule has 1 aliphatic rings. The van der Waals surface area contributed by atoms with Crippen molar-refractivity contribution in [2.75, 3.05) is 26.2 Å². The van der Waals surface area contributed by atoms with Gasteiger partial charge in [-0.25, -0.2) is 8.42 Å². The van der Waals surface area contributed by atoms with Crippen molar-refractivity contribution in [3.63, 3.8) is 0 Å². The van der Waals surface area contributed by atoms with Crippen molar-refractivity contribution < 1.29 is 12.8 Å². The average Bonchev–Trinajstić information content (AvgIpc) is 3.08. The van der Waals surface area contributed by atoms with Gasteiger partial charge in [0.25, 0.3) is 0 Å². The number of nitrogens with zero attached hydrogens (tertiary/aromatic N) is 3. The third-order valence-corrected chi connectivity index (χ3v) is 5.85. The van der Waals surface area contributed by atoms with Gasteiger partial charge in [-0.3, -0.25) is 4.90 Å². The van der Waals surface area contributed by atoms with E-state index < -0.39 is 10.0 Å². The van der Waals surface area contributed by atoms with Crippen LogP contribution in [0.3, 0.4) is 0 Å². The summed E-state index contributed by atoms with van der Waals surface area (Å²) in [5.74, 6) is 0. The number of furan rings is 1. The molecule has 0 aliphatic carbocycles. The number of sulfonamides is 1. The first-order valence-corrected chi connectivity index (χ1v) is 8.77. The van der Waals surface area contributed by atoms with E-state index in [4.69, 9.17) is 9.68 Å². The van der Waals surface area contributed by atoms with Gasteiger partial charge < -0.3 is 4.42 Å². The molecule has 0 unspecified atom stereocenters. The smallest absolute Gasteiger partial charge is 0.243 e. The molecule has 0 amide bonds. The maximum absolute atomic E-state index is 12.6. The molecule has 1 saturated heterocycles. The third-order valence-electron chi connectivity index (χ3n) is 3.94. The summed E-state index contributed by atoms with van der Waals surface area (Å²) in [4.78, 5) is 2.44. The van der Waals surface area contributed by atoms with E-state index in [1.54, 1.807) is 12.5 Å². The summed E-state index contributed by atoms with van der Waals surface area (Å²) in [6.07, 6.45) is 3.35. The second kappa shape index (κ2) is 6.54. The molecule has 2 heterocycles. The van der Waals surface area contributed by atoms with Crippen molar-refractivity contribution in [1.29, 1.82) is 5.26 Å². The zero-order chi connectivity index (χ0) is 16.3. The van der Waals surface area contributed by atoms with Crippen LogP contribution in [0.4, 0.5) is 0 Å². The predicted octanol–water partition coefficient (Wildman–Crippen LogP) is 1.66. The minimum atomic E-state index is -3.49. The summed E-state index contributed by atoms with van der Waals surface area (Å²) in [5, 5.41) is 8.79. The molecule has 0 saturated carbocycles. The fraction of sp³-hybridized carbons (Fsp3) is 0.312. The Morgan fingerprint density at radius 2 is 1.78 bits per heavy atom. The second-order valence-corrected chi connectivity index (χ2v) is 7.39. The fourth-order valence-electron chi connectivity index (χ4n) is 2.62. The zero-order valence-electron chi connectivity index (χ0n) is 12.6. The van der Waals surface area contributed by atoms with Crippen molar-refractivity contribution >= 4 is 10.0 Å². The van der Waals surface area contributed by atoms with Gasteiger partial charge in [-0.05, 0) is 30.3 Å². The van der Waals surface area contributed by atoms with Gasteiger partial charge >= 0.3 is 0 Å². The lowest BCUT2D eigenvalue weighted by Crippen LogP contribution is -2.48. The van der Waals surface area contributed by atoms with Crippen molar-refractivity contribution in [2.24, 2.45) is 0 Å². The summed E-state index contributed by atoms with van der Waals surface area (Å²) in [5.41, 5.74) is 1.54. The van der Waals surface area contributed by atoms with Crippen molar-refractivity contribution in [3.05, 3.63) is 54.0 Å². The lowest BCUT2D eigenvalue weighted by atomic mass is 10.2. The quantitative estimate of drug-likeness (QED) is 0.851. The van der Waals surface area contributed by atoms with Crippen LogP contribution < -0.4 is 0 Å². The minimum Gasteiger partial charge on any atom is -0.472 e. The van der Waals surface area contributed by atoms with E-state index in [1.807, 2.05) is 12.1 Å². The van der Waals surface area contributed by atoms with Gasteiger partial charge in [-0.2, -0.15) is 9.57 Å². The lowest BCUT2D eigenvalue weighted by Gasteiger charge is -2.33. The average molecular weight is 331 g/mol. The Morgan fingerprint density at radius 1 is 1.09 bits per heavy atom. The Morgan fingerprint density at radius 3 is 2.35 bits per heavy atom. The van der Waals surface area contributed by atoms with E-state index in [2.05, 4.69) is 4.90 Å². The molecule has 1 aromatic carbocycles. The molecule has 3 rings (SSSR count). The van der Waals surface area contributed by atoms with Gasteiger partial charge in [-0.1, -0.05) is 0 Å². The van der Waals surface area contributed by atoms with Crippen LogP contribution in [0.5, 0.6) is 0 Å². The van der Waals surface area contributed by atoms with E-state index >= 15 is 0 Å². The molecule has 23 heavy (non-hydrogen) atoms. The molecule has 1 aromatic heterocycles. The maximum atomic E-state index is 12.6. The van der Waals surface area contributed by atoms with Crippen LogP contribution in [0.2, 0.25) is 0 Å². The number of benzene rings is 1. The molecular weight excluding hydrogens is 314 g/mol. The normalized spacial score (nSPS) is 17.0. The van der Waals surface area contributed by atoms with Gasteiger partial charge in [0.1, 0.15) is 0 Å². The van der Waals surface area contributed by atoms with Gasteiger partial charge in [0, 0.05) is 38.3 Å². The Hall–Kier alpha value is -2.14. The largest absolute Gasteiger partial charge is 0.472 e. The van der Waals surface area contributed by atoms with Crippen molar-refractivity contribution in [1.82, 2.24) is 9.21 Å². The molecule has 0 spiro atoms. The van der Waals surface area contributed by atoms with E-state index in [0.29, 0.717) is 31.7 Å². The summed E-state index contributed by atoms with van der Waals surface area (Å²) in [6.45, 7) is 3.04. The van der Waals surface area contributed by atoms with Crippen LogP contribution in [0.15, 0.2) is 52.2 Å². The van der Waals surface area contributed by atoms with Gasteiger partial charge in [0.15, 0.2) is 0 Å². The Bertz CT molecular complexity index is 784. The van der Waals surface area contributed by atoms with E-state index in [9.17, 15) is 8.42 Å². The highest BCUT2D eigenvalue weighted by Gasteiger charge is 2.28. The molecule has 0 radical (unpaired) electrons. The monoisotopic (exact) mass is 331 g/mol. The maximum Gasteiger partial charge on any atom is 0.243 e. The van der Waals surface area contributed by atoms with Crippen LogP contribution in [-0.2, 0) is 16.6 Å². The summed E-state index contributed by atoms with van der Waals surface area (Å²) in [6, 6.07) is 9.95. The van der Waals surface area contributed by atoms with Gasteiger partial charge in [0.2, 0.25) is 10.0 Å². The highest BCUT2D eigenvalue weighted by molar-refractivity contribution is 7.89. The van der Waals surface area contributed by atoms with Crippen LogP contribution in [0.25, 0.3) is 0 Å². The van der Waals surface area contributed by atoms with Crippen LogP contribution >= 0.6 is 0 Å². The molecule has 0 bridgehead atoms. The van der Waals surface area contributed by atoms with E-state index in [1.165, 1.54) is 28.6 Å². The van der Waals surface area contributed by atoms with Crippen molar-refractivity contribution in [3.8, 4) is 6.07 Å². The second-order valence-electron chi connectivity index (χ2n) is 5.45. The molecule has 1 fully saturated rings. The zero-order valence-corrected chi connectivity index (χ0v) is 13.4. The van der Waals surface area contributed by atoms with Crippen LogP contribution in [0.1, 0.15) is 11.1 Å². The molecule has 0 N–H and O–H groups in total. The number of hydrogen-bond donors (Lipinski definition) is 0. The van der Waals surface area contributed by atoms with Crippen LogP contribution in [0, 0.1) is 11.3 Å². The highest BCUT2D eigenvalue weighted by atomic mass is 32.2. The van der Waals surface area contributed by atoms with Crippen LogP contribution in [-0.4, -0.2) is 43.8 Å². The topological polar surface area (TPSA) is 77.5 Å². The highest BCUT2D eigenvalue weighted by Crippen LogP contribution is 2.19. The molecule has 2 aromatic rings. The van der Waals surface area contributed by atoms with Crippen molar-refractivity contribution in [2.45, 2.75) is 11.4 Å². The van der Waals surface area contributed by atoms with Gasteiger partial charge in [0.05, 0.1) is 29.1 Å². The summed E-state index contributed by atoms with van der Waals surface area (Å²) in [7, 11) is -3.49. The first-order chi connectivity index (χ1) is 11.1. The number of nitriles is 1. The predicted molar refractivity (Wildman–Crippen MR) is 83.9 cm³/mol. The SMILES string of the molecule is N#Cc1ccc(S(=O)(=O)N2CCN(Cc3ccoc3)CC2)cc1. The number of rotatable bonds is 4. The molecule has 7 heteroatoms. The Kier molecular flexibility index (Phi) is 4.48. The lowest BCUT2D eigenvalue weighted by molar-refractivity contribution is 0.181. The third kappa shape index (κ3) is 3.45. The molecule has 0 atom stereocenters. The Labute approximate surface area is 135 Å². The van der Waals surface area contributed by atoms with Gasteiger partial charge in [-0.15, -0.1) is 0 Å². The standard InChI is InChI=1S/C16H17N3O3S/c17-11-14-1-3-16(4-2-14)23(20,21)19-8-6-18(7-9-19)12-15-5-10-22-13-15/h1-5,10,13H,6-9,12H2. The molecule has 6 nitrogen and oxygen atoms in total. The van der Waals surface area contributed by atoms with E-state index in [-0.39, 0.29) is 4.90 Å². The number of piperazine rings is 1. The molecule has 1 aliphatic heterocycles. The Balaban J connectivity index is 1.65. The fourth-order valence-corrected chi connectivity index (χ4v) is 4.04. The molecule has 120 valence electrons. The van der Waals surface area contributed by atoms with E-state index in [0.717, 1.165) is 12.1 Å². The number of hydrogen-bond acceptors (Lipinski definition) is 5. The summed E-state index contributed by atoms with van der Waals surface area (Å²) < 4.78 is 31.8. The molecular formula is C16H17N3O3S. The first kappa shape index (κ1) is 15.7. The first-order valence-electron chi connectivity index (χ1n) is 7.33.